The zero-order valence-electron chi connectivity index (χ0n) is 13.4. The first-order valence-electron chi connectivity index (χ1n) is 7.09. The molecule has 0 saturated carbocycles. The Morgan fingerprint density at radius 2 is 1.73 bits per heavy atom. The zero-order chi connectivity index (χ0) is 16.0. The molecule has 0 aliphatic rings. The van der Waals surface area contributed by atoms with Crippen LogP contribution >= 0.6 is 15.9 Å². The van der Waals surface area contributed by atoms with Crippen molar-refractivity contribution in [2.75, 3.05) is 7.11 Å². The van der Waals surface area contributed by atoms with Crippen molar-refractivity contribution in [1.29, 1.82) is 0 Å². The van der Waals surface area contributed by atoms with Gasteiger partial charge in [0.25, 0.3) is 0 Å². The fraction of sp³-hybridized carbons (Fsp3) is 0.294. The summed E-state index contributed by atoms with van der Waals surface area (Å²) < 4.78 is 8.54. The normalized spacial score (nSPS) is 11.2. The van der Waals surface area contributed by atoms with Crippen LogP contribution in [-0.2, 0) is 0 Å². The first-order chi connectivity index (χ1) is 10.4. The summed E-state index contributed by atoms with van der Waals surface area (Å²) in [5.41, 5.74) is 6.31. The Hall–Kier alpha value is -1.88. The van der Waals surface area contributed by atoms with Crippen molar-refractivity contribution in [2.24, 2.45) is 0 Å². The van der Waals surface area contributed by atoms with E-state index < -0.39 is 0 Å². The number of halogens is 1. The standard InChI is InChI=1S/C17H18BrN3O/c1-9-6-13(15(22-5)7-10(9)2)14-8-21-12(4)16(18)11(3)19-17(21)20-14/h6-8H,1-5H3. The van der Waals surface area contributed by atoms with E-state index >= 15 is 0 Å². The molecular formula is C17H18BrN3O. The van der Waals surface area contributed by atoms with Crippen molar-refractivity contribution in [2.45, 2.75) is 27.7 Å². The number of hydrogen-bond acceptors (Lipinski definition) is 3. The monoisotopic (exact) mass is 359 g/mol. The highest BCUT2D eigenvalue weighted by molar-refractivity contribution is 9.10. The minimum Gasteiger partial charge on any atom is -0.496 e. The van der Waals surface area contributed by atoms with Crippen LogP contribution in [-0.4, -0.2) is 21.5 Å². The molecule has 2 heterocycles. The van der Waals surface area contributed by atoms with Crippen LogP contribution in [0.4, 0.5) is 0 Å². The van der Waals surface area contributed by atoms with Crippen LogP contribution in [0.15, 0.2) is 22.8 Å². The number of hydrogen-bond donors (Lipinski definition) is 0. The van der Waals surface area contributed by atoms with Crippen molar-refractivity contribution in [1.82, 2.24) is 14.4 Å². The van der Waals surface area contributed by atoms with Crippen molar-refractivity contribution < 1.29 is 4.74 Å². The predicted octanol–water partition coefficient (Wildman–Crippen LogP) is 4.40. The van der Waals surface area contributed by atoms with Gasteiger partial charge < -0.3 is 4.74 Å². The molecule has 0 radical (unpaired) electrons. The second-order valence-electron chi connectivity index (χ2n) is 5.53. The highest BCUT2D eigenvalue weighted by Gasteiger charge is 2.15. The molecule has 3 rings (SSSR count). The van der Waals surface area contributed by atoms with Crippen LogP contribution in [0, 0.1) is 27.7 Å². The van der Waals surface area contributed by atoms with Crippen molar-refractivity contribution in [3.8, 4) is 17.0 Å². The van der Waals surface area contributed by atoms with E-state index in [-0.39, 0.29) is 0 Å². The lowest BCUT2D eigenvalue weighted by atomic mass is 10.0. The molecule has 4 nitrogen and oxygen atoms in total. The summed E-state index contributed by atoms with van der Waals surface area (Å²) in [6, 6.07) is 4.17. The van der Waals surface area contributed by atoms with Gasteiger partial charge in [-0.2, -0.15) is 0 Å². The third kappa shape index (κ3) is 2.29. The first kappa shape index (κ1) is 15.0. The Bertz CT molecular complexity index is 883. The van der Waals surface area contributed by atoms with Gasteiger partial charge in [-0.05, 0) is 66.9 Å². The lowest BCUT2D eigenvalue weighted by Crippen LogP contribution is -1.97. The Balaban J connectivity index is 2.27. The molecule has 0 N–H and O–H groups in total. The number of rotatable bonds is 2. The lowest BCUT2D eigenvalue weighted by Gasteiger charge is -2.09. The van der Waals surface area contributed by atoms with Gasteiger partial charge in [0.2, 0.25) is 5.78 Å². The molecule has 0 bridgehead atoms. The van der Waals surface area contributed by atoms with Crippen LogP contribution in [0.25, 0.3) is 17.0 Å². The molecule has 0 fully saturated rings. The smallest absolute Gasteiger partial charge is 0.234 e. The molecular weight excluding hydrogens is 342 g/mol. The fourth-order valence-corrected chi connectivity index (χ4v) is 2.83. The number of benzene rings is 1. The maximum absolute atomic E-state index is 5.53. The summed E-state index contributed by atoms with van der Waals surface area (Å²) in [4.78, 5) is 9.22. The minimum atomic E-state index is 0.702. The Morgan fingerprint density at radius 3 is 2.41 bits per heavy atom. The molecule has 0 spiro atoms. The van der Waals surface area contributed by atoms with E-state index in [9.17, 15) is 0 Å². The Labute approximate surface area is 138 Å². The SMILES string of the molecule is COc1cc(C)c(C)cc1-c1cn2c(C)c(Br)c(C)nc2n1. The van der Waals surface area contributed by atoms with Gasteiger partial charge in [0.15, 0.2) is 0 Å². The summed E-state index contributed by atoms with van der Waals surface area (Å²) >= 11 is 3.58. The van der Waals surface area contributed by atoms with Crippen LogP contribution in [0.5, 0.6) is 5.75 Å². The maximum Gasteiger partial charge on any atom is 0.234 e. The maximum atomic E-state index is 5.53. The number of ether oxygens (including phenoxy) is 1. The van der Waals surface area contributed by atoms with Crippen LogP contribution < -0.4 is 4.74 Å². The molecule has 2 aromatic heterocycles. The number of aryl methyl sites for hydroxylation is 4. The van der Waals surface area contributed by atoms with Crippen LogP contribution in [0.3, 0.4) is 0 Å². The van der Waals surface area contributed by atoms with Gasteiger partial charge in [0, 0.05) is 17.5 Å². The molecule has 0 amide bonds. The average Bonchev–Trinajstić information content (AvgIpc) is 2.91. The van der Waals surface area contributed by atoms with E-state index in [1.54, 1.807) is 7.11 Å². The number of imidazole rings is 1. The molecule has 3 aromatic rings. The van der Waals surface area contributed by atoms with E-state index in [1.807, 2.05) is 17.5 Å². The number of fused-ring (bicyclic) bond motifs is 1. The molecule has 0 saturated heterocycles. The summed E-state index contributed by atoms with van der Waals surface area (Å²) in [6.45, 7) is 8.20. The number of nitrogens with zero attached hydrogens (tertiary/aromatic N) is 3. The van der Waals surface area contributed by atoms with E-state index in [1.165, 1.54) is 11.1 Å². The number of aromatic nitrogens is 3. The number of methoxy groups -OCH3 is 1. The van der Waals surface area contributed by atoms with Crippen molar-refractivity contribution in [3.63, 3.8) is 0 Å². The molecule has 22 heavy (non-hydrogen) atoms. The summed E-state index contributed by atoms with van der Waals surface area (Å²) in [7, 11) is 1.69. The van der Waals surface area contributed by atoms with E-state index in [0.29, 0.717) is 5.78 Å². The largest absolute Gasteiger partial charge is 0.496 e. The highest BCUT2D eigenvalue weighted by Crippen LogP contribution is 2.33. The molecule has 114 valence electrons. The van der Waals surface area contributed by atoms with E-state index in [0.717, 1.165) is 32.9 Å². The molecule has 0 aliphatic carbocycles. The third-order valence-electron chi connectivity index (χ3n) is 4.04. The fourth-order valence-electron chi connectivity index (χ4n) is 2.55. The van der Waals surface area contributed by atoms with Gasteiger partial charge in [-0.15, -0.1) is 0 Å². The van der Waals surface area contributed by atoms with Gasteiger partial charge in [-0.1, -0.05) is 0 Å². The van der Waals surface area contributed by atoms with E-state index in [2.05, 4.69) is 58.8 Å². The second-order valence-corrected chi connectivity index (χ2v) is 6.32. The van der Waals surface area contributed by atoms with Gasteiger partial charge in [0.1, 0.15) is 5.75 Å². The summed E-state index contributed by atoms with van der Waals surface area (Å²) in [5.74, 6) is 1.54. The topological polar surface area (TPSA) is 39.4 Å². The Kier molecular flexibility index (Phi) is 3.68. The lowest BCUT2D eigenvalue weighted by molar-refractivity contribution is 0.416. The Morgan fingerprint density at radius 1 is 1.05 bits per heavy atom. The minimum absolute atomic E-state index is 0.702. The van der Waals surface area contributed by atoms with Crippen LogP contribution in [0.2, 0.25) is 0 Å². The molecule has 0 atom stereocenters. The molecule has 5 heteroatoms. The van der Waals surface area contributed by atoms with Gasteiger partial charge in [-0.25, -0.2) is 9.97 Å². The highest BCUT2D eigenvalue weighted by atomic mass is 79.9. The van der Waals surface area contributed by atoms with Crippen molar-refractivity contribution in [3.05, 3.63) is 45.3 Å². The predicted molar refractivity (Wildman–Crippen MR) is 91.6 cm³/mol. The van der Waals surface area contributed by atoms with Gasteiger partial charge in [0.05, 0.1) is 23.0 Å². The van der Waals surface area contributed by atoms with Crippen LogP contribution in [0.1, 0.15) is 22.5 Å². The van der Waals surface area contributed by atoms with Crippen molar-refractivity contribution >= 4 is 21.7 Å². The zero-order valence-corrected chi connectivity index (χ0v) is 14.9. The van der Waals surface area contributed by atoms with Gasteiger partial charge in [-0.3, -0.25) is 4.40 Å². The summed E-state index contributed by atoms with van der Waals surface area (Å²) in [6.07, 6.45) is 2.01. The molecule has 0 unspecified atom stereocenters. The molecule has 0 aliphatic heterocycles. The second kappa shape index (κ2) is 5.39. The van der Waals surface area contributed by atoms with Gasteiger partial charge >= 0.3 is 0 Å². The summed E-state index contributed by atoms with van der Waals surface area (Å²) in [5, 5.41) is 0. The average molecular weight is 360 g/mol. The first-order valence-corrected chi connectivity index (χ1v) is 7.89. The quantitative estimate of drug-likeness (QED) is 0.680. The van der Waals surface area contributed by atoms with E-state index in [4.69, 9.17) is 4.74 Å². The molecule has 1 aromatic carbocycles. The third-order valence-corrected chi connectivity index (χ3v) is 5.19.